The van der Waals surface area contributed by atoms with Crippen molar-refractivity contribution in [3.05, 3.63) is 18.0 Å². The van der Waals surface area contributed by atoms with E-state index in [-0.39, 0.29) is 0 Å². The SMILES string of the molecule is c1cc(C2CCN(CC3CC3)CC2)[nH]n1. The van der Waals surface area contributed by atoms with Gasteiger partial charge in [0.2, 0.25) is 0 Å². The van der Waals surface area contributed by atoms with Gasteiger partial charge in [0.15, 0.2) is 0 Å². The third-order valence-corrected chi connectivity index (χ3v) is 3.76. The van der Waals surface area contributed by atoms with E-state index < -0.39 is 0 Å². The maximum atomic E-state index is 4.04. The third kappa shape index (κ3) is 2.23. The molecule has 2 aliphatic rings. The molecule has 3 heteroatoms. The first kappa shape index (κ1) is 9.40. The van der Waals surface area contributed by atoms with Crippen LogP contribution in [-0.4, -0.2) is 34.7 Å². The number of nitrogens with zero attached hydrogens (tertiary/aromatic N) is 2. The van der Waals surface area contributed by atoms with Gasteiger partial charge in [-0.15, -0.1) is 0 Å². The van der Waals surface area contributed by atoms with Crippen LogP contribution >= 0.6 is 0 Å². The zero-order chi connectivity index (χ0) is 10.1. The lowest BCUT2D eigenvalue weighted by atomic mass is 9.93. The van der Waals surface area contributed by atoms with Crippen LogP contribution in [0.1, 0.15) is 37.3 Å². The number of hydrogen-bond acceptors (Lipinski definition) is 2. The Morgan fingerprint density at radius 2 is 2.07 bits per heavy atom. The van der Waals surface area contributed by atoms with Gasteiger partial charge >= 0.3 is 0 Å². The Morgan fingerprint density at radius 1 is 1.27 bits per heavy atom. The second-order valence-electron chi connectivity index (χ2n) is 5.03. The number of likely N-dealkylation sites (tertiary alicyclic amines) is 1. The summed E-state index contributed by atoms with van der Waals surface area (Å²) >= 11 is 0. The number of nitrogens with one attached hydrogen (secondary N) is 1. The topological polar surface area (TPSA) is 31.9 Å². The highest BCUT2D eigenvalue weighted by Crippen LogP contribution is 2.32. The average Bonchev–Trinajstić information content (AvgIpc) is 2.92. The molecule has 1 N–H and O–H groups in total. The fourth-order valence-electron chi connectivity index (χ4n) is 2.59. The van der Waals surface area contributed by atoms with Crippen molar-refractivity contribution in [2.75, 3.05) is 19.6 Å². The van der Waals surface area contributed by atoms with Gasteiger partial charge in [-0.1, -0.05) is 0 Å². The molecule has 0 atom stereocenters. The van der Waals surface area contributed by atoms with E-state index in [1.54, 1.807) is 0 Å². The first-order valence-electron chi connectivity index (χ1n) is 6.13. The van der Waals surface area contributed by atoms with Crippen LogP contribution in [-0.2, 0) is 0 Å². The largest absolute Gasteiger partial charge is 0.303 e. The standard InChI is InChI=1S/C12H19N3/c1-2-10(1)9-15-7-4-11(5-8-15)12-3-6-13-14-12/h3,6,10-11H,1-2,4-5,7-9H2,(H,13,14). The van der Waals surface area contributed by atoms with Crippen LogP contribution in [0, 0.1) is 5.92 Å². The van der Waals surface area contributed by atoms with E-state index in [2.05, 4.69) is 21.2 Å². The van der Waals surface area contributed by atoms with E-state index in [4.69, 9.17) is 0 Å². The molecule has 1 aromatic heterocycles. The van der Waals surface area contributed by atoms with E-state index in [9.17, 15) is 0 Å². The number of hydrogen-bond donors (Lipinski definition) is 1. The predicted molar refractivity (Wildman–Crippen MR) is 59.7 cm³/mol. The maximum Gasteiger partial charge on any atom is 0.0490 e. The first-order chi connectivity index (χ1) is 7.42. The number of rotatable bonds is 3. The van der Waals surface area contributed by atoms with Crippen LogP contribution in [0.5, 0.6) is 0 Å². The Bertz CT molecular complexity index is 295. The minimum atomic E-state index is 0.725. The molecule has 0 radical (unpaired) electrons. The molecule has 2 fully saturated rings. The second kappa shape index (κ2) is 3.97. The van der Waals surface area contributed by atoms with Gasteiger partial charge in [-0.25, -0.2) is 0 Å². The van der Waals surface area contributed by atoms with Gasteiger partial charge in [-0.2, -0.15) is 5.10 Å². The number of aromatic nitrogens is 2. The van der Waals surface area contributed by atoms with Crippen molar-refractivity contribution in [3.63, 3.8) is 0 Å². The van der Waals surface area contributed by atoms with Crippen LogP contribution in [0.15, 0.2) is 12.3 Å². The van der Waals surface area contributed by atoms with Gasteiger partial charge in [0.1, 0.15) is 0 Å². The smallest absolute Gasteiger partial charge is 0.0490 e. The zero-order valence-electron chi connectivity index (χ0n) is 9.15. The van der Waals surface area contributed by atoms with Gasteiger partial charge in [0.25, 0.3) is 0 Å². The molecule has 0 spiro atoms. The summed E-state index contributed by atoms with van der Waals surface area (Å²) in [6.45, 7) is 3.91. The summed E-state index contributed by atoms with van der Waals surface area (Å²) in [5.41, 5.74) is 1.33. The lowest BCUT2D eigenvalue weighted by Gasteiger charge is -2.31. The highest BCUT2D eigenvalue weighted by atomic mass is 15.1. The number of H-pyrrole nitrogens is 1. The lowest BCUT2D eigenvalue weighted by Crippen LogP contribution is -2.34. The fraction of sp³-hybridized carbons (Fsp3) is 0.750. The highest BCUT2D eigenvalue weighted by Gasteiger charge is 2.27. The molecule has 1 aromatic rings. The van der Waals surface area contributed by atoms with Gasteiger partial charge in [0, 0.05) is 24.4 Å². The molecule has 15 heavy (non-hydrogen) atoms. The Balaban J connectivity index is 1.51. The van der Waals surface area contributed by atoms with E-state index in [1.165, 1.54) is 51.0 Å². The Morgan fingerprint density at radius 3 is 2.67 bits per heavy atom. The fourth-order valence-corrected chi connectivity index (χ4v) is 2.59. The third-order valence-electron chi connectivity index (χ3n) is 3.76. The van der Waals surface area contributed by atoms with Crippen molar-refractivity contribution in [2.45, 2.75) is 31.6 Å². The van der Waals surface area contributed by atoms with Crippen molar-refractivity contribution in [1.29, 1.82) is 0 Å². The van der Waals surface area contributed by atoms with Crippen molar-refractivity contribution in [1.82, 2.24) is 15.1 Å². The average molecular weight is 205 g/mol. The molecule has 1 saturated carbocycles. The van der Waals surface area contributed by atoms with Gasteiger partial charge in [-0.05, 0) is 50.8 Å². The molecule has 2 heterocycles. The monoisotopic (exact) mass is 205 g/mol. The summed E-state index contributed by atoms with van der Waals surface area (Å²) in [7, 11) is 0. The van der Waals surface area contributed by atoms with Crippen LogP contribution < -0.4 is 0 Å². The van der Waals surface area contributed by atoms with Gasteiger partial charge in [-0.3, -0.25) is 5.10 Å². The summed E-state index contributed by atoms with van der Waals surface area (Å²) in [5, 5.41) is 7.14. The summed E-state index contributed by atoms with van der Waals surface area (Å²) in [4.78, 5) is 2.64. The van der Waals surface area contributed by atoms with Crippen LogP contribution in [0.2, 0.25) is 0 Å². The molecule has 0 bridgehead atoms. The number of piperidine rings is 1. The predicted octanol–water partition coefficient (Wildman–Crippen LogP) is 2.00. The summed E-state index contributed by atoms with van der Waals surface area (Å²) in [6, 6.07) is 2.13. The maximum absolute atomic E-state index is 4.04. The molecule has 1 saturated heterocycles. The minimum Gasteiger partial charge on any atom is -0.303 e. The summed E-state index contributed by atoms with van der Waals surface area (Å²) < 4.78 is 0. The molecule has 3 nitrogen and oxygen atoms in total. The molecular formula is C12H19N3. The van der Waals surface area contributed by atoms with Crippen LogP contribution in [0.25, 0.3) is 0 Å². The zero-order valence-corrected chi connectivity index (χ0v) is 9.15. The molecule has 3 rings (SSSR count). The summed E-state index contributed by atoms with van der Waals surface area (Å²) in [5.74, 6) is 1.76. The molecule has 1 aliphatic carbocycles. The Labute approximate surface area is 90.9 Å². The summed E-state index contributed by atoms with van der Waals surface area (Å²) in [6.07, 6.45) is 7.41. The Kier molecular flexibility index (Phi) is 2.49. The van der Waals surface area contributed by atoms with Crippen molar-refractivity contribution < 1.29 is 0 Å². The number of aromatic amines is 1. The van der Waals surface area contributed by atoms with Crippen LogP contribution in [0.3, 0.4) is 0 Å². The molecule has 0 amide bonds. The van der Waals surface area contributed by atoms with E-state index in [0.29, 0.717) is 0 Å². The molecule has 1 aliphatic heterocycles. The molecular weight excluding hydrogens is 186 g/mol. The normalized spacial score (nSPS) is 24.5. The Hall–Kier alpha value is -0.830. The first-order valence-corrected chi connectivity index (χ1v) is 6.13. The minimum absolute atomic E-state index is 0.725. The highest BCUT2D eigenvalue weighted by molar-refractivity contribution is 5.06. The second-order valence-corrected chi connectivity index (χ2v) is 5.03. The van der Waals surface area contributed by atoms with Crippen LogP contribution in [0.4, 0.5) is 0 Å². The van der Waals surface area contributed by atoms with Gasteiger partial charge < -0.3 is 4.90 Å². The molecule has 0 unspecified atom stereocenters. The lowest BCUT2D eigenvalue weighted by molar-refractivity contribution is 0.203. The van der Waals surface area contributed by atoms with E-state index >= 15 is 0 Å². The molecule has 0 aromatic carbocycles. The van der Waals surface area contributed by atoms with Gasteiger partial charge in [0.05, 0.1) is 0 Å². The van der Waals surface area contributed by atoms with Crippen molar-refractivity contribution >= 4 is 0 Å². The van der Waals surface area contributed by atoms with Crippen molar-refractivity contribution in [3.8, 4) is 0 Å². The quantitative estimate of drug-likeness (QED) is 0.818. The van der Waals surface area contributed by atoms with E-state index in [1.807, 2.05) is 6.20 Å². The van der Waals surface area contributed by atoms with E-state index in [0.717, 1.165) is 11.8 Å². The molecule has 82 valence electrons. The van der Waals surface area contributed by atoms with Crippen molar-refractivity contribution in [2.24, 2.45) is 5.92 Å².